The Balaban J connectivity index is 1.59. The van der Waals surface area contributed by atoms with Gasteiger partial charge in [-0.2, -0.15) is 5.10 Å². The van der Waals surface area contributed by atoms with Crippen molar-refractivity contribution in [3.05, 3.63) is 83.1 Å². The number of hydrogen-bond acceptors (Lipinski definition) is 7. The lowest BCUT2D eigenvalue weighted by Crippen LogP contribution is -2.06. The minimum Gasteiger partial charge on any atom is -0.497 e. The van der Waals surface area contributed by atoms with Gasteiger partial charge >= 0.3 is 5.97 Å². The lowest BCUT2D eigenvalue weighted by molar-refractivity contribution is -0.132. The molecule has 0 atom stereocenters. The minimum atomic E-state index is -1.03. The van der Waals surface area contributed by atoms with E-state index in [0.717, 1.165) is 53.1 Å². The van der Waals surface area contributed by atoms with Gasteiger partial charge in [0.2, 0.25) is 0 Å². The molecule has 3 aromatic carbocycles. The first-order chi connectivity index (χ1) is 20.9. The second-order valence-electron chi connectivity index (χ2n) is 10.2. The van der Waals surface area contributed by atoms with Crippen LogP contribution in [0.4, 0.5) is 0 Å². The molecule has 0 saturated heterocycles. The van der Waals surface area contributed by atoms with E-state index in [4.69, 9.17) is 23.7 Å². The Kier molecular flexibility index (Phi) is 9.20. The van der Waals surface area contributed by atoms with Gasteiger partial charge in [-0.1, -0.05) is 13.3 Å². The molecule has 224 valence electrons. The number of ether oxygens (including phenoxy) is 5. The van der Waals surface area contributed by atoms with Crippen molar-refractivity contribution in [2.75, 3.05) is 27.9 Å². The molecule has 1 aromatic heterocycles. The largest absolute Gasteiger partial charge is 0.497 e. The second-order valence-corrected chi connectivity index (χ2v) is 10.2. The van der Waals surface area contributed by atoms with Crippen LogP contribution in [0.25, 0.3) is 17.3 Å². The molecule has 5 rings (SSSR count). The Hall–Kier alpha value is -4.92. The van der Waals surface area contributed by atoms with Gasteiger partial charge in [0.25, 0.3) is 0 Å². The fraction of sp³-hybridized carbons (Fsp3) is 0.294. The molecular formula is C34H36N2O7. The van der Waals surface area contributed by atoms with E-state index in [-0.39, 0.29) is 12.0 Å². The highest BCUT2D eigenvalue weighted by atomic mass is 16.5. The predicted molar refractivity (Wildman–Crippen MR) is 164 cm³/mol. The Morgan fingerprint density at radius 2 is 1.72 bits per heavy atom. The van der Waals surface area contributed by atoms with E-state index in [1.54, 1.807) is 33.6 Å². The highest BCUT2D eigenvalue weighted by Gasteiger charge is 2.22. The molecule has 43 heavy (non-hydrogen) atoms. The number of carboxylic acid groups (broad SMARTS) is 1. The Morgan fingerprint density at radius 3 is 2.42 bits per heavy atom. The van der Waals surface area contributed by atoms with Crippen LogP contribution in [-0.2, 0) is 24.2 Å². The van der Waals surface area contributed by atoms with Gasteiger partial charge in [0.1, 0.15) is 34.5 Å². The number of aryl methyl sites for hydroxylation is 1. The first kappa shape index (κ1) is 29.6. The maximum atomic E-state index is 12.6. The molecule has 0 saturated carbocycles. The summed E-state index contributed by atoms with van der Waals surface area (Å²) >= 11 is 0. The number of aromatic nitrogens is 2. The predicted octanol–water partition coefficient (Wildman–Crippen LogP) is 6.81. The molecule has 1 N–H and O–H groups in total. The molecular weight excluding hydrogens is 548 g/mol. The average molecular weight is 585 g/mol. The first-order valence-corrected chi connectivity index (χ1v) is 14.3. The monoisotopic (exact) mass is 584 g/mol. The molecule has 4 aromatic rings. The van der Waals surface area contributed by atoms with Crippen LogP contribution < -0.4 is 23.7 Å². The van der Waals surface area contributed by atoms with Gasteiger partial charge in [-0.15, -0.1) is 0 Å². The van der Waals surface area contributed by atoms with Crippen molar-refractivity contribution in [2.24, 2.45) is 0 Å². The Labute approximate surface area is 251 Å². The molecule has 0 spiro atoms. The number of unbranched alkanes of at least 4 members (excludes halogenated alkanes) is 1. The third-order valence-electron chi connectivity index (χ3n) is 7.40. The number of rotatable bonds is 13. The third-order valence-corrected chi connectivity index (χ3v) is 7.40. The summed E-state index contributed by atoms with van der Waals surface area (Å²) in [6, 6.07) is 16.7. The number of carboxylic acids is 1. The highest BCUT2D eigenvalue weighted by Crippen LogP contribution is 2.40. The van der Waals surface area contributed by atoms with Crippen LogP contribution in [-0.4, -0.2) is 48.8 Å². The fourth-order valence-electron chi connectivity index (χ4n) is 5.11. The van der Waals surface area contributed by atoms with E-state index >= 15 is 0 Å². The highest BCUT2D eigenvalue weighted by molar-refractivity contribution is 5.94. The number of aliphatic carboxylic acids is 1. The van der Waals surface area contributed by atoms with E-state index < -0.39 is 5.97 Å². The van der Waals surface area contributed by atoms with Crippen LogP contribution in [0, 0.1) is 0 Å². The molecule has 2 heterocycles. The molecule has 9 nitrogen and oxygen atoms in total. The SMILES string of the molecule is CCCCn1ncc(/C=C(\Cc2cc3c(cc2OC)CCO3)C(=O)O)c1-c1ccc(OC)cc1Oc1ccc(OC)cc1. The third kappa shape index (κ3) is 6.61. The zero-order chi connectivity index (χ0) is 30.3. The normalized spacial score (nSPS) is 12.4. The molecule has 0 fully saturated rings. The van der Waals surface area contributed by atoms with Gasteiger partial charge in [-0.3, -0.25) is 4.68 Å². The van der Waals surface area contributed by atoms with Gasteiger partial charge in [0.15, 0.2) is 0 Å². The number of methoxy groups -OCH3 is 3. The standard InChI is InChI=1S/C34H36N2O7/c1-5-6-14-36-33(29-12-11-28(40-3)20-32(29)43-27-9-7-26(39-2)8-10-27)25(21-35-36)17-24(34(37)38)16-23-19-31-22(13-15-42-31)18-30(23)41-4/h7-12,17-21H,5-6,13-16H2,1-4H3,(H,37,38)/b24-17+. The summed E-state index contributed by atoms with van der Waals surface area (Å²) in [6.07, 6.45) is 6.22. The number of fused-ring (bicyclic) bond motifs is 1. The summed E-state index contributed by atoms with van der Waals surface area (Å²) in [5.41, 5.74) is 4.16. The lowest BCUT2D eigenvalue weighted by atomic mass is 9.98. The summed E-state index contributed by atoms with van der Waals surface area (Å²) in [4.78, 5) is 12.6. The van der Waals surface area contributed by atoms with Crippen molar-refractivity contribution in [3.8, 4) is 45.8 Å². The van der Waals surface area contributed by atoms with E-state index in [0.29, 0.717) is 41.7 Å². The Morgan fingerprint density at radius 1 is 0.977 bits per heavy atom. The van der Waals surface area contributed by atoms with Gasteiger partial charge in [0.05, 0.1) is 39.8 Å². The number of nitrogens with zero attached hydrogens (tertiary/aromatic N) is 2. The average Bonchev–Trinajstić information content (AvgIpc) is 3.65. The zero-order valence-corrected chi connectivity index (χ0v) is 24.9. The van der Waals surface area contributed by atoms with Gasteiger partial charge in [0, 0.05) is 53.3 Å². The first-order valence-electron chi connectivity index (χ1n) is 14.3. The van der Waals surface area contributed by atoms with Crippen LogP contribution in [0.1, 0.15) is 36.5 Å². The molecule has 1 aliphatic heterocycles. The van der Waals surface area contributed by atoms with Crippen molar-refractivity contribution in [1.29, 1.82) is 0 Å². The second kappa shape index (κ2) is 13.4. The quantitative estimate of drug-likeness (QED) is 0.171. The van der Waals surface area contributed by atoms with Crippen molar-refractivity contribution in [1.82, 2.24) is 9.78 Å². The number of carbonyl (C=O) groups is 1. The smallest absolute Gasteiger partial charge is 0.331 e. The van der Waals surface area contributed by atoms with Crippen molar-refractivity contribution < 1.29 is 33.6 Å². The number of benzene rings is 3. The van der Waals surface area contributed by atoms with Gasteiger partial charge in [-0.05, 0) is 61.0 Å². The molecule has 0 bridgehead atoms. The van der Waals surface area contributed by atoms with Gasteiger partial charge in [-0.25, -0.2) is 4.79 Å². The van der Waals surface area contributed by atoms with Gasteiger partial charge < -0.3 is 28.8 Å². The lowest BCUT2D eigenvalue weighted by Gasteiger charge is -2.16. The van der Waals surface area contributed by atoms with E-state index in [2.05, 4.69) is 12.0 Å². The van der Waals surface area contributed by atoms with Crippen LogP contribution in [0.5, 0.6) is 34.5 Å². The molecule has 0 amide bonds. The summed E-state index contributed by atoms with van der Waals surface area (Å²) < 4.78 is 30.4. The van der Waals surface area contributed by atoms with E-state index in [1.165, 1.54) is 0 Å². The fourth-order valence-corrected chi connectivity index (χ4v) is 5.11. The summed E-state index contributed by atoms with van der Waals surface area (Å²) in [7, 11) is 4.81. The minimum absolute atomic E-state index is 0.145. The van der Waals surface area contributed by atoms with E-state index in [1.807, 2.05) is 59.3 Å². The van der Waals surface area contributed by atoms with Crippen LogP contribution in [0.2, 0.25) is 0 Å². The van der Waals surface area contributed by atoms with Crippen molar-refractivity contribution in [3.63, 3.8) is 0 Å². The van der Waals surface area contributed by atoms with Crippen LogP contribution in [0.3, 0.4) is 0 Å². The molecule has 9 heteroatoms. The van der Waals surface area contributed by atoms with Crippen LogP contribution >= 0.6 is 0 Å². The maximum Gasteiger partial charge on any atom is 0.331 e. The Bertz CT molecular complexity index is 1620. The molecule has 0 radical (unpaired) electrons. The van der Waals surface area contributed by atoms with Crippen molar-refractivity contribution in [2.45, 2.75) is 39.2 Å². The maximum absolute atomic E-state index is 12.6. The number of hydrogen-bond donors (Lipinski definition) is 1. The summed E-state index contributed by atoms with van der Waals surface area (Å²) in [5.74, 6) is 2.89. The summed E-state index contributed by atoms with van der Waals surface area (Å²) in [6.45, 7) is 3.38. The van der Waals surface area contributed by atoms with Crippen LogP contribution in [0.15, 0.2) is 66.4 Å². The van der Waals surface area contributed by atoms with E-state index in [9.17, 15) is 9.90 Å². The topological polar surface area (TPSA) is 101 Å². The molecule has 0 aliphatic carbocycles. The van der Waals surface area contributed by atoms with Crippen molar-refractivity contribution >= 4 is 12.0 Å². The summed E-state index contributed by atoms with van der Waals surface area (Å²) in [5, 5.41) is 15.0. The molecule has 0 unspecified atom stereocenters. The zero-order valence-electron chi connectivity index (χ0n) is 24.9. The molecule has 1 aliphatic rings.